The van der Waals surface area contributed by atoms with Gasteiger partial charge in [-0.1, -0.05) is 29.8 Å². The molecule has 0 aliphatic carbocycles. The van der Waals surface area contributed by atoms with Crippen LogP contribution in [0.15, 0.2) is 47.1 Å². The lowest BCUT2D eigenvalue weighted by Crippen LogP contribution is -2.02. The first-order valence-electron chi connectivity index (χ1n) is 6.53. The molecule has 2 nitrogen and oxygen atoms in total. The van der Waals surface area contributed by atoms with Crippen molar-refractivity contribution in [2.24, 2.45) is 7.05 Å². The van der Waals surface area contributed by atoms with Crippen LogP contribution in [-0.4, -0.2) is 10.4 Å². The second-order valence-corrected chi connectivity index (χ2v) is 6.31. The minimum Gasteiger partial charge on any atom is -0.350 e. The van der Waals surface area contributed by atoms with Crippen LogP contribution in [0.25, 0.3) is 10.9 Å². The second kappa shape index (κ2) is 5.32. The van der Waals surface area contributed by atoms with Gasteiger partial charge in [-0.3, -0.25) is 4.79 Å². The average Bonchev–Trinajstić information content (AvgIpc) is 2.78. The number of hydrogen-bond donors (Lipinski definition) is 0. The van der Waals surface area contributed by atoms with Crippen LogP contribution in [-0.2, 0) is 7.05 Å². The predicted molar refractivity (Wildman–Crippen MR) is 90.2 cm³/mol. The molecule has 4 heteroatoms. The maximum atomic E-state index is 12.9. The van der Waals surface area contributed by atoms with Crippen molar-refractivity contribution in [1.82, 2.24) is 4.57 Å². The van der Waals surface area contributed by atoms with Gasteiger partial charge in [0.25, 0.3) is 0 Å². The van der Waals surface area contributed by atoms with Gasteiger partial charge in [-0.25, -0.2) is 0 Å². The number of carbonyl (C=O) groups is 1. The molecule has 0 fully saturated rings. The fourth-order valence-electron chi connectivity index (χ4n) is 2.51. The maximum Gasteiger partial charge on any atom is 0.196 e. The zero-order chi connectivity index (χ0) is 15.1. The molecule has 0 aliphatic rings. The summed E-state index contributed by atoms with van der Waals surface area (Å²) in [6, 6.07) is 11.3. The molecule has 1 aromatic heterocycles. The lowest BCUT2D eigenvalue weighted by molar-refractivity contribution is 0.103. The van der Waals surface area contributed by atoms with Gasteiger partial charge < -0.3 is 4.57 Å². The molecule has 0 unspecified atom stereocenters. The number of nitrogens with zero attached hydrogens (tertiary/aromatic N) is 1. The van der Waals surface area contributed by atoms with Gasteiger partial charge in [0.2, 0.25) is 0 Å². The highest BCUT2D eigenvalue weighted by molar-refractivity contribution is 9.10. The molecule has 1 heterocycles. The van der Waals surface area contributed by atoms with Crippen LogP contribution in [0, 0.1) is 6.92 Å². The third-order valence-corrected chi connectivity index (χ3v) is 4.92. The van der Waals surface area contributed by atoms with E-state index >= 15 is 0 Å². The van der Waals surface area contributed by atoms with Gasteiger partial charge in [0, 0.05) is 44.8 Å². The largest absolute Gasteiger partial charge is 0.350 e. The van der Waals surface area contributed by atoms with Crippen LogP contribution in [0.4, 0.5) is 0 Å². The normalized spacial score (nSPS) is 11.0. The molecule has 0 saturated carbocycles. The number of ketones is 1. The van der Waals surface area contributed by atoms with E-state index in [2.05, 4.69) is 15.9 Å². The Kier molecular flexibility index (Phi) is 3.64. The molecule has 0 amide bonds. The molecule has 2 aromatic carbocycles. The van der Waals surface area contributed by atoms with Crippen LogP contribution >= 0.6 is 27.5 Å². The van der Waals surface area contributed by atoms with Crippen molar-refractivity contribution >= 4 is 44.2 Å². The summed E-state index contributed by atoms with van der Waals surface area (Å²) in [5.74, 6) is 0.0125. The van der Waals surface area contributed by atoms with Gasteiger partial charge in [-0.15, -0.1) is 0 Å². The number of carbonyl (C=O) groups excluding carboxylic acids is 1. The zero-order valence-electron chi connectivity index (χ0n) is 11.7. The summed E-state index contributed by atoms with van der Waals surface area (Å²) in [4.78, 5) is 12.9. The van der Waals surface area contributed by atoms with Crippen molar-refractivity contribution in [1.29, 1.82) is 0 Å². The van der Waals surface area contributed by atoms with Crippen molar-refractivity contribution in [2.75, 3.05) is 0 Å². The summed E-state index contributed by atoms with van der Waals surface area (Å²) < 4.78 is 2.78. The number of halogens is 2. The molecule has 0 atom stereocenters. The van der Waals surface area contributed by atoms with Crippen LogP contribution < -0.4 is 0 Å². The predicted octanol–water partition coefficient (Wildman–Crippen LogP) is 5.13. The monoisotopic (exact) mass is 361 g/mol. The molecule has 0 saturated heterocycles. The van der Waals surface area contributed by atoms with Crippen molar-refractivity contribution in [3.8, 4) is 0 Å². The molecule has 21 heavy (non-hydrogen) atoms. The van der Waals surface area contributed by atoms with Crippen molar-refractivity contribution in [3.63, 3.8) is 0 Å². The SMILES string of the molecule is Cc1cccc(C(=O)c2cn(C)c3cc(Cl)ccc23)c1Br. The van der Waals surface area contributed by atoms with E-state index in [-0.39, 0.29) is 5.78 Å². The standard InChI is InChI=1S/C17H13BrClNO/c1-10-4-3-5-13(16(10)18)17(21)14-9-20(2)15-8-11(19)6-7-12(14)15/h3-9H,1-2H3. The summed E-state index contributed by atoms with van der Waals surface area (Å²) in [6.45, 7) is 1.98. The Morgan fingerprint density at radius 2 is 1.95 bits per heavy atom. The molecule has 0 radical (unpaired) electrons. The van der Waals surface area contributed by atoms with Crippen LogP contribution in [0.5, 0.6) is 0 Å². The van der Waals surface area contributed by atoms with Gasteiger partial charge in [0.15, 0.2) is 5.78 Å². The van der Waals surface area contributed by atoms with E-state index < -0.39 is 0 Å². The topological polar surface area (TPSA) is 22.0 Å². The molecule has 0 N–H and O–H groups in total. The van der Waals surface area contributed by atoms with Crippen molar-refractivity contribution in [3.05, 3.63) is 68.8 Å². The fourth-order valence-corrected chi connectivity index (χ4v) is 3.12. The molecule has 0 aliphatic heterocycles. The van der Waals surface area contributed by atoms with Gasteiger partial charge >= 0.3 is 0 Å². The fraction of sp³-hybridized carbons (Fsp3) is 0.118. The molecule has 0 bridgehead atoms. The highest BCUT2D eigenvalue weighted by Gasteiger charge is 2.18. The van der Waals surface area contributed by atoms with E-state index in [0.29, 0.717) is 16.1 Å². The van der Waals surface area contributed by atoms with Crippen molar-refractivity contribution < 1.29 is 4.79 Å². The Balaban J connectivity index is 2.21. The third-order valence-electron chi connectivity index (χ3n) is 3.63. The summed E-state index contributed by atoms with van der Waals surface area (Å²) in [7, 11) is 1.92. The first kappa shape index (κ1) is 14.4. The van der Waals surface area contributed by atoms with Crippen LogP contribution in [0.2, 0.25) is 5.02 Å². The molecular formula is C17H13BrClNO. The van der Waals surface area contributed by atoms with Gasteiger partial charge in [0.1, 0.15) is 0 Å². The Morgan fingerprint density at radius 1 is 1.19 bits per heavy atom. The number of benzene rings is 2. The van der Waals surface area contributed by atoms with Crippen LogP contribution in [0.3, 0.4) is 0 Å². The third kappa shape index (κ3) is 2.41. The Labute approximate surface area is 136 Å². The highest BCUT2D eigenvalue weighted by atomic mass is 79.9. The lowest BCUT2D eigenvalue weighted by atomic mass is 10.0. The first-order valence-corrected chi connectivity index (χ1v) is 7.70. The maximum absolute atomic E-state index is 12.9. The molecule has 0 spiro atoms. The number of rotatable bonds is 2. The number of hydrogen-bond acceptors (Lipinski definition) is 1. The molecule has 3 rings (SSSR count). The second-order valence-electron chi connectivity index (χ2n) is 5.08. The summed E-state index contributed by atoms with van der Waals surface area (Å²) in [5.41, 5.74) is 3.37. The first-order chi connectivity index (χ1) is 9.99. The minimum atomic E-state index is 0.0125. The lowest BCUT2D eigenvalue weighted by Gasteiger charge is -2.05. The number of fused-ring (bicyclic) bond motifs is 1. The van der Waals surface area contributed by atoms with E-state index in [9.17, 15) is 4.79 Å². The zero-order valence-corrected chi connectivity index (χ0v) is 14.0. The van der Waals surface area contributed by atoms with Crippen LogP contribution in [0.1, 0.15) is 21.5 Å². The quantitative estimate of drug-likeness (QED) is 0.579. The van der Waals surface area contributed by atoms with Gasteiger partial charge in [-0.05, 0) is 46.6 Å². The summed E-state index contributed by atoms with van der Waals surface area (Å²) in [6.07, 6.45) is 1.86. The minimum absolute atomic E-state index is 0.0125. The molecule has 106 valence electrons. The van der Waals surface area contributed by atoms with Gasteiger partial charge in [-0.2, -0.15) is 0 Å². The Morgan fingerprint density at radius 3 is 2.71 bits per heavy atom. The summed E-state index contributed by atoms with van der Waals surface area (Å²) >= 11 is 9.55. The van der Waals surface area contributed by atoms with E-state index in [0.717, 1.165) is 20.9 Å². The number of aromatic nitrogens is 1. The highest BCUT2D eigenvalue weighted by Crippen LogP contribution is 2.29. The van der Waals surface area contributed by atoms with E-state index in [1.54, 1.807) is 0 Å². The molecule has 3 aromatic rings. The van der Waals surface area contributed by atoms with E-state index in [4.69, 9.17) is 11.6 Å². The van der Waals surface area contributed by atoms with E-state index in [1.807, 2.05) is 61.1 Å². The van der Waals surface area contributed by atoms with Crippen molar-refractivity contribution in [2.45, 2.75) is 6.92 Å². The average molecular weight is 363 g/mol. The van der Waals surface area contributed by atoms with Gasteiger partial charge in [0.05, 0.1) is 0 Å². The van der Waals surface area contributed by atoms with E-state index in [1.165, 1.54) is 0 Å². The Bertz CT molecular complexity index is 867. The Hall–Kier alpha value is -1.58. The smallest absolute Gasteiger partial charge is 0.196 e. The summed E-state index contributed by atoms with van der Waals surface area (Å²) in [5, 5.41) is 1.58. The number of aryl methyl sites for hydroxylation is 2. The molecular weight excluding hydrogens is 350 g/mol.